The van der Waals surface area contributed by atoms with E-state index in [9.17, 15) is 23.5 Å². The minimum atomic E-state index is -3.71. The summed E-state index contributed by atoms with van der Waals surface area (Å²) in [5, 5.41) is 22.3. The van der Waals surface area contributed by atoms with Crippen LogP contribution >= 0.6 is 0 Å². The molecule has 1 aromatic carbocycles. The number of carbonyl (C=O) groups is 1. The fraction of sp³-hybridized carbons (Fsp3) is 0.469. The average Bonchev–Trinajstić information content (AvgIpc) is 3.74. The number of aromatic nitrogens is 6. The number of nitrogen functional groups attached to an aromatic ring is 2. The molecule has 2 fully saturated rings. The number of aliphatic hydroxyl groups is 2. The Morgan fingerprint density at radius 1 is 1.15 bits per heavy atom. The summed E-state index contributed by atoms with van der Waals surface area (Å²) in [6.45, 7) is 5.50. The van der Waals surface area contributed by atoms with Gasteiger partial charge in [-0.25, -0.2) is 19.7 Å². The van der Waals surface area contributed by atoms with Crippen LogP contribution in [-0.2, 0) is 16.0 Å². The van der Waals surface area contributed by atoms with E-state index < -0.39 is 42.6 Å². The van der Waals surface area contributed by atoms with Gasteiger partial charge in [0, 0.05) is 56.7 Å². The van der Waals surface area contributed by atoms with E-state index in [2.05, 4.69) is 30.2 Å². The van der Waals surface area contributed by atoms with Gasteiger partial charge >= 0.3 is 11.6 Å². The van der Waals surface area contributed by atoms with E-state index in [1.165, 1.54) is 12.4 Å². The minimum absolute atomic E-state index is 0.0899. The summed E-state index contributed by atoms with van der Waals surface area (Å²) in [5.74, 6) is -2.31. The molecule has 7 N–H and O–H groups in total. The summed E-state index contributed by atoms with van der Waals surface area (Å²) >= 11 is 0. The number of fused-ring (bicyclic) bond motifs is 3. The number of alkyl halides is 2. The first-order valence-corrected chi connectivity index (χ1v) is 16.6. The van der Waals surface area contributed by atoms with Crippen LogP contribution in [0.4, 0.5) is 26.4 Å². The zero-order chi connectivity index (χ0) is 37.7. The maximum atomic E-state index is 13.7. The van der Waals surface area contributed by atoms with Crippen molar-refractivity contribution in [2.75, 3.05) is 76.5 Å². The summed E-state index contributed by atoms with van der Waals surface area (Å²) in [5.41, 5.74) is 10.8. The number of halogens is 2. The molecule has 19 nitrogen and oxygen atoms in total. The number of hydrogen-bond donors (Lipinski definition) is 5. The van der Waals surface area contributed by atoms with E-state index in [4.69, 9.17) is 40.5 Å². The maximum absolute atomic E-state index is 13.7. The van der Waals surface area contributed by atoms with Gasteiger partial charge in [0.25, 0.3) is 5.91 Å². The zero-order valence-corrected chi connectivity index (χ0v) is 28.6. The number of anilines is 3. The number of methoxy groups -OCH3 is 1. The normalized spacial score (nSPS) is 21.1. The number of hydrogen-bond acceptors (Lipinski definition) is 16. The monoisotopic (exact) mass is 743 g/mol. The second-order valence-corrected chi connectivity index (χ2v) is 12.1. The molecule has 284 valence electrons. The lowest BCUT2D eigenvalue weighted by Crippen LogP contribution is -2.41. The van der Waals surface area contributed by atoms with Crippen molar-refractivity contribution in [1.29, 1.82) is 0 Å². The third-order valence-corrected chi connectivity index (χ3v) is 8.67. The molecule has 7 rings (SSSR count). The highest BCUT2D eigenvalue weighted by Crippen LogP contribution is 2.42. The molecule has 0 saturated carbocycles. The Morgan fingerprint density at radius 3 is 2.58 bits per heavy atom. The van der Waals surface area contributed by atoms with Gasteiger partial charge in [0.05, 0.1) is 39.1 Å². The predicted octanol–water partition coefficient (Wildman–Crippen LogP) is -0.604. The Balaban J connectivity index is 0.000000225. The molecule has 3 aromatic heterocycles. The third kappa shape index (κ3) is 8.03. The van der Waals surface area contributed by atoms with Crippen LogP contribution in [-0.4, -0.2) is 128 Å². The Morgan fingerprint density at radius 2 is 1.91 bits per heavy atom. The van der Waals surface area contributed by atoms with Crippen LogP contribution in [0.15, 0.2) is 46.6 Å². The van der Waals surface area contributed by atoms with Gasteiger partial charge in [-0.1, -0.05) is 0 Å². The first kappa shape index (κ1) is 37.4. The Kier molecular flexibility index (Phi) is 11.4. The van der Waals surface area contributed by atoms with Gasteiger partial charge in [-0.15, -0.1) is 0 Å². The molecule has 3 aliphatic rings. The number of morpholine rings is 1. The number of rotatable bonds is 9. The van der Waals surface area contributed by atoms with E-state index in [-0.39, 0.29) is 22.9 Å². The number of nitrogens with zero attached hydrogens (tertiary/aromatic N) is 8. The summed E-state index contributed by atoms with van der Waals surface area (Å²) in [6.07, 6.45) is -1.11. The van der Waals surface area contributed by atoms with E-state index in [0.717, 1.165) is 62.7 Å². The van der Waals surface area contributed by atoms with Crippen molar-refractivity contribution in [3.05, 3.63) is 58.5 Å². The predicted molar refractivity (Wildman–Crippen MR) is 183 cm³/mol. The molecule has 4 aromatic rings. The van der Waals surface area contributed by atoms with E-state index >= 15 is 0 Å². The summed E-state index contributed by atoms with van der Waals surface area (Å²) < 4.78 is 51.8. The molecule has 1 amide bonds. The molecule has 3 atom stereocenters. The molecule has 21 heteroatoms. The van der Waals surface area contributed by atoms with Gasteiger partial charge in [-0.2, -0.15) is 18.8 Å². The summed E-state index contributed by atoms with van der Waals surface area (Å²) in [7, 11) is 1.58. The molecule has 6 heterocycles. The van der Waals surface area contributed by atoms with Gasteiger partial charge in [0.15, 0.2) is 17.6 Å². The van der Waals surface area contributed by atoms with Gasteiger partial charge in [-0.05, 0) is 24.6 Å². The van der Waals surface area contributed by atoms with Crippen molar-refractivity contribution in [3.8, 4) is 11.5 Å². The van der Waals surface area contributed by atoms with Crippen LogP contribution in [0.25, 0.3) is 10.9 Å². The molecule has 0 bridgehead atoms. The number of ether oxygens (including phenoxy) is 4. The summed E-state index contributed by atoms with van der Waals surface area (Å²) in [4.78, 5) is 46.5. The van der Waals surface area contributed by atoms with Crippen LogP contribution in [0.2, 0.25) is 0 Å². The first-order chi connectivity index (χ1) is 25.5. The lowest BCUT2D eigenvalue weighted by atomic mass is 10.1. The lowest BCUT2D eigenvalue weighted by Gasteiger charge is -2.26. The van der Waals surface area contributed by atoms with Crippen molar-refractivity contribution in [2.24, 2.45) is 4.99 Å². The molecule has 3 aliphatic heterocycles. The van der Waals surface area contributed by atoms with Crippen LogP contribution in [0.3, 0.4) is 0 Å². The van der Waals surface area contributed by atoms with Crippen molar-refractivity contribution < 1.29 is 42.7 Å². The van der Waals surface area contributed by atoms with Crippen molar-refractivity contribution >= 4 is 34.4 Å². The molecule has 0 spiro atoms. The fourth-order valence-corrected chi connectivity index (χ4v) is 5.97. The van der Waals surface area contributed by atoms with Crippen LogP contribution in [0.5, 0.6) is 11.5 Å². The second kappa shape index (κ2) is 16.1. The number of nitrogens with one attached hydrogen (secondary N) is 1. The molecular formula is C32H39F2N11O8. The number of carbonyl (C=O) groups excluding carboxylic acids is 1. The number of nitrogens with two attached hydrogens (primary N) is 2. The van der Waals surface area contributed by atoms with E-state index in [1.807, 2.05) is 16.7 Å². The number of amides is 1. The molecular weight excluding hydrogens is 704 g/mol. The molecule has 53 heavy (non-hydrogen) atoms. The molecule has 0 radical (unpaired) electrons. The van der Waals surface area contributed by atoms with Gasteiger partial charge in [0.1, 0.15) is 23.3 Å². The Bertz CT molecular complexity index is 2060. The largest absolute Gasteiger partial charge is 0.491 e. The van der Waals surface area contributed by atoms with Crippen molar-refractivity contribution in [3.63, 3.8) is 0 Å². The summed E-state index contributed by atoms with van der Waals surface area (Å²) in [6, 6.07) is 5.00. The molecule has 2 saturated heterocycles. The quantitative estimate of drug-likeness (QED) is 0.134. The van der Waals surface area contributed by atoms with Crippen molar-refractivity contribution in [1.82, 2.24) is 34.0 Å². The van der Waals surface area contributed by atoms with Gasteiger partial charge in [-0.3, -0.25) is 18.8 Å². The highest BCUT2D eigenvalue weighted by molar-refractivity contribution is 5.96. The number of benzene rings is 1. The van der Waals surface area contributed by atoms with Crippen molar-refractivity contribution in [2.45, 2.75) is 37.3 Å². The van der Waals surface area contributed by atoms with Crippen LogP contribution in [0.1, 0.15) is 23.0 Å². The zero-order valence-electron chi connectivity index (χ0n) is 28.6. The smallest absolute Gasteiger partial charge is 0.351 e. The Hall–Kier alpha value is -5.35. The molecule has 0 aliphatic carbocycles. The highest BCUT2D eigenvalue weighted by atomic mass is 19.3. The topological polar surface area (TPSA) is 253 Å². The number of aliphatic hydroxyl groups excluding tert-OH is 2. The van der Waals surface area contributed by atoms with Crippen LogP contribution < -0.4 is 37.6 Å². The maximum Gasteiger partial charge on any atom is 0.351 e. The fourth-order valence-electron chi connectivity index (χ4n) is 5.97. The van der Waals surface area contributed by atoms with E-state index in [1.54, 1.807) is 7.11 Å². The second-order valence-electron chi connectivity index (χ2n) is 12.1. The Labute approximate surface area is 299 Å². The lowest BCUT2D eigenvalue weighted by molar-refractivity contribution is -0.140. The highest BCUT2D eigenvalue weighted by Gasteiger charge is 2.59. The van der Waals surface area contributed by atoms with E-state index in [0.29, 0.717) is 41.3 Å². The van der Waals surface area contributed by atoms with Gasteiger partial charge in [0.2, 0.25) is 17.8 Å². The minimum Gasteiger partial charge on any atom is -0.491 e. The first-order valence-electron chi connectivity index (χ1n) is 16.6. The average molecular weight is 744 g/mol. The third-order valence-electron chi connectivity index (χ3n) is 8.67. The van der Waals surface area contributed by atoms with Gasteiger partial charge < -0.3 is 45.9 Å². The SMILES string of the molecule is COc1c(OCCCN2CCOCC2)ccc2c3n(c(=NC(=O)c4cnc(N)nc4)nc12)CCN3.Nc1ccn([C@@H]2O[C@H](CO)[C@@H](O)C2(F)F)c(=O)n1. The standard InChI is InChI=1S/C23H28N8O4.C9H11F2N3O4/c1-33-19-17(35-10-2-6-30-8-11-34-12-9-30)4-3-16-18(19)28-23(31-7-5-25-20(16)31)29-21(32)15-13-26-22(24)27-14-15;10-9(11)6(16)4(3-15)18-7(9)14-2-1-5(12)13-8(14)17/h3-4,13-14,25H,2,5-12H2,1H3,(H2,24,26,27);1-2,4,6-7,15-16H,3H2,(H2,12,13,17)/t;4-,6-,7-/m.1/s1. The molecule has 0 unspecified atom stereocenters. The van der Waals surface area contributed by atoms with Crippen LogP contribution in [0, 0.1) is 0 Å².